The fourth-order valence-corrected chi connectivity index (χ4v) is 1.26. The Hall–Kier alpha value is -0.170. The molecule has 0 radical (unpaired) electrons. The zero-order valence-corrected chi connectivity index (χ0v) is 7.48. The molecule has 0 saturated carbocycles. The van der Waals surface area contributed by atoms with Gasteiger partial charge in [0.25, 0.3) is 10.1 Å². The Morgan fingerprint density at radius 1 is 1.55 bits per heavy atom. The van der Waals surface area contributed by atoms with E-state index in [2.05, 4.69) is 5.32 Å². The maximum Gasteiger partial charge on any atom is 0.271 e. The molecule has 1 aliphatic rings. The van der Waals surface area contributed by atoms with Crippen LogP contribution in [0.2, 0.25) is 0 Å². The fourth-order valence-electron chi connectivity index (χ4n) is 0.730. The Morgan fingerprint density at radius 2 is 1.91 bits per heavy atom. The number of nitrogens with one attached hydrogen (secondary N) is 1. The van der Waals surface area contributed by atoms with Gasteiger partial charge in [0.05, 0.1) is 0 Å². The first-order valence-electron chi connectivity index (χ1n) is 3.06. The molecule has 1 fully saturated rings. The van der Waals surface area contributed by atoms with Crippen LogP contribution >= 0.6 is 0 Å². The number of rotatable bonds is 2. The third kappa shape index (κ3) is 1.90. The molecule has 1 unspecified atom stereocenters. The molecule has 1 aliphatic heterocycles. The molecule has 0 aromatic rings. The van der Waals surface area contributed by atoms with Crippen molar-refractivity contribution in [2.75, 3.05) is 6.54 Å². The van der Waals surface area contributed by atoms with Crippen molar-refractivity contribution < 1.29 is 13.0 Å². The molecule has 11 heavy (non-hydrogen) atoms. The average molecular weight is 182 g/mol. The first-order chi connectivity index (χ1) is 4.36. The van der Waals surface area contributed by atoms with E-state index in [4.69, 9.17) is 4.55 Å². The van der Waals surface area contributed by atoms with Gasteiger partial charge < -0.3 is 11.5 Å². The summed E-state index contributed by atoms with van der Waals surface area (Å²) in [5, 5.41) is 2.84. The van der Waals surface area contributed by atoms with E-state index in [-0.39, 0.29) is 12.2 Å². The van der Waals surface area contributed by atoms with Gasteiger partial charge in [-0.3, -0.25) is 4.55 Å². The third-order valence-electron chi connectivity index (χ3n) is 1.91. The molecule has 1 rings (SSSR count). The molecule has 5 N–H and O–H groups in total. The van der Waals surface area contributed by atoms with Gasteiger partial charge in [-0.1, -0.05) is 0 Å². The van der Waals surface area contributed by atoms with Crippen molar-refractivity contribution in [2.24, 2.45) is 0 Å². The van der Waals surface area contributed by atoms with Gasteiger partial charge in [0.1, 0.15) is 4.75 Å². The van der Waals surface area contributed by atoms with E-state index in [9.17, 15) is 8.42 Å². The monoisotopic (exact) mass is 182 g/mol. The smallest absolute Gasteiger partial charge is 0.271 e. The zero-order chi connectivity index (χ0) is 7.99. The number of hydrogen-bond donors (Lipinski definition) is 3. The van der Waals surface area contributed by atoms with Crippen molar-refractivity contribution in [3.05, 3.63) is 0 Å². The molecule has 0 bridgehead atoms. The van der Waals surface area contributed by atoms with Crippen LogP contribution in [-0.2, 0) is 10.1 Å². The lowest BCUT2D eigenvalue weighted by Gasteiger charge is -2.18. The summed E-state index contributed by atoms with van der Waals surface area (Å²) in [6, 6.07) is -0.0810. The minimum atomic E-state index is -3.90. The standard InChI is InChI=1S/C5H11NO3S.H3N/c1-5(2,4-3-6-4)10(7,8)9;/h4,6H,3H2,1-2H3,(H,7,8,9);1H3. The van der Waals surface area contributed by atoms with Crippen molar-refractivity contribution in [1.82, 2.24) is 11.5 Å². The molecule has 5 nitrogen and oxygen atoms in total. The second-order valence-electron chi connectivity index (χ2n) is 3.04. The molecule has 0 aromatic carbocycles. The first kappa shape index (κ1) is 10.8. The van der Waals surface area contributed by atoms with Gasteiger partial charge >= 0.3 is 0 Å². The molecule has 6 heteroatoms. The summed E-state index contributed by atoms with van der Waals surface area (Å²) in [5.41, 5.74) is 0. The second kappa shape index (κ2) is 2.71. The first-order valence-corrected chi connectivity index (χ1v) is 4.50. The van der Waals surface area contributed by atoms with Gasteiger partial charge in [-0.2, -0.15) is 8.42 Å². The lowest BCUT2D eigenvalue weighted by molar-refractivity contribution is 0.438. The summed E-state index contributed by atoms with van der Waals surface area (Å²) in [6.07, 6.45) is 0. The predicted molar refractivity (Wildman–Crippen MR) is 42.4 cm³/mol. The van der Waals surface area contributed by atoms with Gasteiger partial charge in [-0.15, -0.1) is 0 Å². The van der Waals surface area contributed by atoms with Crippen molar-refractivity contribution in [3.63, 3.8) is 0 Å². The minimum Gasteiger partial charge on any atom is -0.344 e. The Balaban J connectivity index is 0.000001000. The molecule has 0 aliphatic carbocycles. The molecular formula is C5H14N2O3S. The summed E-state index contributed by atoms with van der Waals surface area (Å²) >= 11 is 0. The summed E-state index contributed by atoms with van der Waals surface area (Å²) in [7, 11) is -3.90. The molecule has 0 spiro atoms. The Morgan fingerprint density at radius 3 is 2.00 bits per heavy atom. The van der Waals surface area contributed by atoms with Crippen LogP contribution in [0.5, 0.6) is 0 Å². The van der Waals surface area contributed by atoms with Crippen LogP contribution in [-0.4, -0.2) is 30.3 Å². The minimum absolute atomic E-state index is 0. The molecule has 1 saturated heterocycles. The van der Waals surface area contributed by atoms with Gasteiger partial charge in [0.15, 0.2) is 0 Å². The SMILES string of the molecule is CC(C)(C1CN1)S(=O)(=O)O.N. The van der Waals surface area contributed by atoms with E-state index >= 15 is 0 Å². The average Bonchev–Trinajstić information content (AvgIpc) is 2.38. The zero-order valence-electron chi connectivity index (χ0n) is 6.66. The molecule has 0 aromatic heterocycles. The van der Waals surface area contributed by atoms with E-state index in [0.29, 0.717) is 6.54 Å². The second-order valence-corrected chi connectivity index (χ2v) is 5.04. The highest BCUT2D eigenvalue weighted by atomic mass is 32.2. The molecule has 68 valence electrons. The third-order valence-corrected chi connectivity index (χ3v) is 3.53. The summed E-state index contributed by atoms with van der Waals surface area (Å²) < 4.78 is 29.0. The van der Waals surface area contributed by atoms with Crippen LogP contribution in [0, 0.1) is 0 Å². The molecule has 1 heterocycles. The van der Waals surface area contributed by atoms with E-state index < -0.39 is 14.9 Å². The van der Waals surface area contributed by atoms with Crippen LogP contribution in [0.15, 0.2) is 0 Å². The summed E-state index contributed by atoms with van der Waals surface area (Å²) in [5.74, 6) is 0. The van der Waals surface area contributed by atoms with E-state index in [0.717, 1.165) is 0 Å². The van der Waals surface area contributed by atoms with Gasteiger partial charge in [0.2, 0.25) is 0 Å². The predicted octanol–water partition coefficient (Wildman–Crippen LogP) is -0.213. The highest BCUT2D eigenvalue weighted by Gasteiger charge is 2.46. The van der Waals surface area contributed by atoms with Crippen LogP contribution < -0.4 is 11.5 Å². The van der Waals surface area contributed by atoms with Crippen molar-refractivity contribution in [3.8, 4) is 0 Å². The maximum atomic E-state index is 10.6. The molecule has 0 amide bonds. The largest absolute Gasteiger partial charge is 0.344 e. The van der Waals surface area contributed by atoms with Crippen LogP contribution in [0.25, 0.3) is 0 Å². The van der Waals surface area contributed by atoms with Gasteiger partial charge in [-0.25, -0.2) is 0 Å². The van der Waals surface area contributed by atoms with Gasteiger partial charge in [-0.05, 0) is 13.8 Å². The van der Waals surface area contributed by atoms with Crippen LogP contribution in [0.4, 0.5) is 0 Å². The van der Waals surface area contributed by atoms with Crippen molar-refractivity contribution in [1.29, 1.82) is 0 Å². The van der Waals surface area contributed by atoms with E-state index in [1.165, 1.54) is 13.8 Å². The van der Waals surface area contributed by atoms with Crippen LogP contribution in [0.3, 0.4) is 0 Å². The molecular weight excluding hydrogens is 168 g/mol. The van der Waals surface area contributed by atoms with E-state index in [1.807, 2.05) is 0 Å². The lowest BCUT2D eigenvalue weighted by atomic mass is 10.1. The summed E-state index contributed by atoms with van der Waals surface area (Å²) in [6.45, 7) is 3.69. The topological polar surface area (TPSA) is 111 Å². The van der Waals surface area contributed by atoms with Crippen LogP contribution in [0.1, 0.15) is 13.8 Å². The van der Waals surface area contributed by atoms with E-state index in [1.54, 1.807) is 0 Å². The highest BCUT2D eigenvalue weighted by Crippen LogP contribution is 2.24. The normalized spacial score (nSPS) is 24.1. The molecule has 1 atom stereocenters. The van der Waals surface area contributed by atoms with Crippen molar-refractivity contribution in [2.45, 2.75) is 24.6 Å². The summed E-state index contributed by atoms with van der Waals surface area (Å²) in [4.78, 5) is 0. The Labute approximate surface area is 66.5 Å². The highest BCUT2D eigenvalue weighted by molar-refractivity contribution is 7.87. The fraction of sp³-hybridized carbons (Fsp3) is 1.00. The Bertz CT molecular complexity index is 230. The Kier molecular flexibility index (Phi) is 2.66. The van der Waals surface area contributed by atoms with Gasteiger partial charge in [0, 0.05) is 12.6 Å². The lowest BCUT2D eigenvalue weighted by Crippen LogP contribution is -2.38. The maximum absolute atomic E-state index is 10.6. The number of hydrogen-bond acceptors (Lipinski definition) is 4. The quantitative estimate of drug-likeness (QED) is 0.404. The van der Waals surface area contributed by atoms with Crippen molar-refractivity contribution >= 4 is 10.1 Å².